The highest BCUT2D eigenvalue weighted by Crippen LogP contribution is 2.26. The Hall–Kier alpha value is -2.13. The second-order valence-corrected chi connectivity index (χ2v) is 7.36. The molecule has 132 valence electrons. The molecular weight excluding hydrogens is 334 g/mol. The van der Waals surface area contributed by atoms with Crippen molar-refractivity contribution >= 4 is 33.2 Å². The van der Waals surface area contributed by atoms with Gasteiger partial charge in [0, 0.05) is 32.5 Å². The molecular formula is C15H21N3O5S. The first-order valence-corrected chi connectivity index (χ1v) is 9.23. The lowest BCUT2D eigenvalue weighted by molar-refractivity contribution is -0.136. The molecule has 1 fully saturated rings. The monoisotopic (exact) mass is 355 g/mol. The van der Waals surface area contributed by atoms with Gasteiger partial charge in [-0.15, -0.1) is 0 Å². The summed E-state index contributed by atoms with van der Waals surface area (Å²) in [5.41, 5.74) is 0.845. The summed E-state index contributed by atoms with van der Waals surface area (Å²) in [6, 6.07) is 6.43. The van der Waals surface area contributed by atoms with E-state index in [1.807, 2.05) is 0 Å². The summed E-state index contributed by atoms with van der Waals surface area (Å²) in [7, 11) is -1.73. The third kappa shape index (κ3) is 4.68. The number of carbonyl (C=O) groups excluding carboxylic acids is 2. The molecule has 0 radical (unpaired) electrons. The van der Waals surface area contributed by atoms with Crippen molar-refractivity contribution < 1.29 is 22.7 Å². The van der Waals surface area contributed by atoms with Crippen LogP contribution in [0.1, 0.15) is 12.8 Å². The van der Waals surface area contributed by atoms with Crippen molar-refractivity contribution in [2.75, 3.05) is 42.2 Å². The molecule has 1 heterocycles. The third-order valence-electron chi connectivity index (χ3n) is 3.51. The molecule has 0 atom stereocenters. The summed E-state index contributed by atoms with van der Waals surface area (Å²) < 4.78 is 30.0. The van der Waals surface area contributed by atoms with E-state index in [1.165, 1.54) is 4.31 Å². The number of hydrogen-bond acceptors (Lipinski definition) is 5. The molecule has 0 saturated carbocycles. The number of amides is 2. The number of anilines is 2. The number of nitrogens with one attached hydrogen (secondary N) is 2. The molecule has 2 rings (SSSR count). The van der Waals surface area contributed by atoms with Crippen LogP contribution in [0.4, 0.5) is 11.4 Å². The lowest BCUT2D eigenvalue weighted by atomic mass is 10.2. The summed E-state index contributed by atoms with van der Waals surface area (Å²) in [6.45, 7) is 1.25. The smallest absolute Gasteiger partial charge is 0.313 e. The zero-order valence-corrected chi connectivity index (χ0v) is 14.3. The number of sulfonamides is 1. The lowest BCUT2D eigenvalue weighted by Crippen LogP contribution is -2.36. The highest BCUT2D eigenvalue weighted by Gasteiger charge is 2.28. The van der Waals surface area contributed by atoms with Crippen molar-refractivity contribution in [2.45, 2.75) is 12.8 Å². The minimum atomic E-state index is -3.29. The molecule has 0 aromatic heterocycles. The molecule has 1 aromatic carbocycles. The largest absolute Gasteiger partial charge is 0.385 e. The molecule has 9 heteroatoms. The number of carbonyl (C=O) groups is 2. The highest BCUT2D eigenvalue weighted by molar-refractivity contribution is 7.93. The summed E-state index contributed by atoms with van der Waals surface area (Å²) in [5.74, 6) is -1.42. The molecule has 1 saturated heterocycles. The Balaban J connectivity index is 1.97. The minimum Gasteiger partial charge on any atom is -0.385 e. The van der Waals surface area contributed by atoms with E-state index in [4.69, 9.17) is 4.74 Å². The molecule has 24 heavy (non-hydrogen) atoms. The topological polar surface area (TPSA) is 105 Å². The first-order valence-electron chi connectivity index (χ1n) is 7.62. The van der Waals surface area contributed by atoms with Crippen molar-refractivity contribution in [2.24, 2.45) is 0 Å². The molecule has 8 nitrogen and oxygen atoms in total. The van der Waals surface area contributed by atoms with E-state index in [0.29, 0.717) is 43.9 Å². The Labute approximate surface area is 141 Å². The molecule has 1 aromatic rings. The van der Waals surface area contributed by atoms with E-state index in [-0.39, 0.29) is 5.75 Å². The van der Waals surface area contributed by atoms with E-state index in [2.05, 4.69) is 10.6 Å². The zero-order valence-electron chi connectivity index (χ0n) is 13.4. The summed E-state index contributed by atoms with van der Waals surface area (Å²) in [4.78, 5) is 23.5. The Bertz CT molecular complexity index is 705. The number of nitrogens with zero attached hydrogens (tertiary/aromatic N) is 1. The van der Waals surface area contributed by atoms with Gasteiger partial charge in [-0.2, -0.15) is 0 Å². The van der Waals surface area contributed by atoms with Crippen molar-refractivity contribution in [3.63, 3.8) is 0 Å². The van der Waals surface area contributed by atoms with Crippen LogP contribution in [-0.2, 0) is 24.3 Å². The quantitative estimate of drug-likeness (QED) is 0.565. The summed E-state index contributed by atoms with van der Waals surface area (Å²) in [6.07, 6.45) is 1.18. The maximum atomic E-state index is 11.9. The summed E-state index contributed by atoms with van der Waals surface area (Å²) >= 11 is 0. The predicted octanol–water partition coefficient (Wildman–Crippen LogP) is 0.318. The average molecular weight is 355 g/mol. The van der Waals surface area contributed by atoms with E-state index in [9.17, 15) is 18.0 Å². The Morgan fingerprint density at radius 3 is 2.75 bits per heavy atom. The molecule has 1 aliphatic rings. The molecule has 0 unspecified atom stereocenters. The van der Waals surface area contributed by atoms with Gasteiger partial charge in [-0.3, -0.25) is 13.9 Å². The van der Waals surface area contributed by atoms with Crippen molar-refractivity contribution in [1.82, 2.24) is 5.32 Å². The van der Waals surface area contributed by atoms with Crippen LogP contribution in [0.2, 0.25) is 0 Å². The minimum absolute atomic E-state index is 0.119. The Morgan fingerprint density at radius 1 is 1.29 bits per heavy atom. The first-order chi connectivity index (χ1) is 11.4. The van der Waals surface area contributed by atoms with Crippen LogP contribution in [0, 0.1) is 0 Å². The Kier molecular flexibility index (Phi) is 6.16. The van der Waals surface area contributed by atoms with Crippen LogP contribution in [0.25, 0.3) is 0 Å². The van der Waals surface area contributed by atoms with Crippen LogP contribution in [0.15, 0.2) is 24.3 Å². The van der Waals surface area contributed by atoms with Crippen LogP contribution < -0.4 is 14.9 Å². The van der Waals surface area contributed by atoms with Crippen LogP contribution in [-0.4, -0.2) is 52.8 Å². The lowest BCUT2D eigenvalue weighted by Gasteiger charge is -2.17. The van der Waals surface area contributed by atoms with Gasteiger partial charge in [0.05, 0.1) is 11.4 Å². The molecule has 0 bridgehead atoms. The van der Waals surface area contributed by atoms with Gasteiger partial charge in [-0.25, -0.2) is 8.42 Å². The average Bonchev–Trinajstić information content (AvgIpc) is 2.91. The van der Waals surface area contributed by atoms with Crippen molar-refractivity contribution in [1.29, 1.82) is 0 Å². The van der Waals surface area contributed by atoms with Gasteiger partial charge >= 0.3 is 11.8 Å². The molecule has 0 spiro atoms. The van der Waals surface area contributed by atoms with Crippen molar-refractivity contribution in [3.8, 4) is 0 Å². The number of rotatable bonds is 6. The van der Waals surface area contributed by atoms with Gasteiger partial charge < -0.3 is 15.4 Å². The van der Waals surface area contributed by atoms with E-state index in [0.717, 1.165) is 0 Å². The van der Waals surface area contributed by atoms with Gasteiger partial charge in [-0.1, -0.05) is 6.07 Å². The van der Waals surface area contributed by atoms with Crippen LogP contribution in [0.3, 0.4) is 0 Å². The van der Waals surface area contributed by atoms with E-state index < -0.39 is 21.8 Å². The first kappa shape index (κ1) is 18.2. The fraction of sp³-hybridized carbons (Fsp3) is 0.467. The van der Waals surface area contributed by atoms with Gasteiger partial charge in [0.25, 0.3) is 0 Å². The summed E-state index contributed by atoms with van der Waals surface area (Å²) in [5, 5.41) is 4.95. The van der Waals surface area contributed by atoms with Gasteiger partial charge in [0.15, 0.2) is 0 Å². The predicted molar refractivity (Wildman–Crippen MR) is 90.3 cm³/mol. The van der Waals surface area contributed by atoms with Crippen LogP contribution >= 0.6 is 0 Å². The SMILES string of the molecule is COCCCNC(=O)C(=O)Nc1cccc(N2CCCS2(=O)=O)c1. The number of methoxy groups -OCH3 is 1. The van der Waals surface area contributed by atoms with Gasteiger partial charge in [0.2, 0.25) is 10.0 Å². The fourth-order valence-electron chi connectivity index (χ4n) is 2.35. The van der Waals surface area contributed by atoms with Gasteiger partial charge in [0.1, 0.15) is 0 Å². The van der Waals surface area contributed by atoms with Crippen LogP contribution in [0.5, 0.6) is 0 Å². The fourth-order valence-corrected chi connectivity index (χ4v) is 3.91. The number of ether oxygens (including phenoxy) is 1. The highest BCUT2D eigenvalue weighted by atomic mass is 32.2. The normalized spacial score (nSPS) is 16.0. The molecule has 2 N–H and O–H groups in total. The zero-order chi connectivity index (χ0) is 17.6. The molecule has 0 aliphatic carbocycles. The molecule has 2 amide bonds. The molecule has 1 aliphatic heterocycles. The number of hydrogen-bond donors (Lipinski definition) is 2. The van der Waals surface area contributed by atoms with E-state index >= 15 is 0 Å². The van der Waals surface area contributed by atoms with E-state index in [1.54, 1.807) is 31.4 Å². The third-order valence-corrected chi connectivity index (χ3v) is 5.38. The van der Waals surface area contributed by atoms with Gasteiger partial charge in [-0.05, 0) is 31.0 Å². The number of benzene rings is 1. The Morgan fingerprint density at radius 2 is 2.08 bits per heavy atom. The second kappa shape index (κ2) is 8.11. The standard InChI is InChI=1S/C15H21N3O5S/c1-23-9-3-7-16-14(19)15(20)17-12-5-2-6-13(11-12)18-8-4-10-24(18,21)22/h2,5-6,11H,3-4,7-10H2,1H3,(H,16,19)(H,17,20). The van der Waals surface area contributed by atoms with Crippen molar-refractivity contribution in [3.05, 3.63) is 24.3 Å². The second-order valence-electron chi connectivity index (χ2n) is 5.35. The maximum Gasteiger partial charge on any atom is 0.313 e. The maximum absolute atomic E-state index is 11.9.